The van der Waals surface area contributed by atoms with Crippen LogP contribution in [0.5, 0.6) is 0 Å². The smallest absolute Gasteiger partial charge is 0.303 e. The molecule has 3 rings (SSSR count). The zero-order valence-corrected chi connectivity index (χ0v) is 12.3. The van der Waals surface area contributed by atoms with E-state index in [1.807, 2.05) is 30.3 Å². The van der Waals surface area contributed by atoms with Gasteiger partial charge in [-0.25, -0.2) is 0 Å². The molecule has 1 heterocycles. The third-order valence-corrected chi connectivity index (χ3v) is 4.88. The Bertz CT molecular complexity index is 623. The number of aromatic nitrogens is 2. The molecule has 0 amide bonds. The summed E-state index contributed by atoms with van der Waals surface area (Å²) in [4.78, 5) is 15.2. The van der Waals surface area contributed by atoms with E-state index in [9.17, 15) is 4.79 Å². The van der Waals surface area contributed by atoms with Crippen molar-refractivity contribution < 1.29 is 14.4 Å². The number of rotatable bonds is 7. The maximum Gasteiger partial charge on any atom is 0.303 e. The Kier molecular flexibility index (Phi) is 3.96. The molecule has 1 aromatic heterocycles. The highest BCUT2D eigenvalue weighted by Crippen LogP contribution is 2.51. The zero-order valence-electron chi connectivity index (χ0n) is 11.5. The number of hydrogen-bond acceptors (Lipinski definition) is 5. The molecule has 0 radical (unpaired) electrons. The van der Waals surface area contributed by atoms with Gasteiger partial charge in [0.1, 0.15) is 0 Å². The topological polar surface area (TPSA) is 76.2 Å². The first kappa shape index (κ1) is 14.1. The third-order valence-electron chi connectivity index (χ3n) is 3.62. The van der Waals surface area contributed by atoms with Gasteiger partial charge in [0.25, 0.3) is 0 Å². The summed E-state index contributed by atoms with van der Waals surface area (Å²) in [7, 11) is 0. The van der Waals surface area contributed by atoms with E-state index >= 15 is 0 Å². The maximum atomic E-state index is 10.8. The summed E-state index contributed by atoms with van der Waals surface area (Å²) in [6.45, 7) is 0. The van der Waals surface area contributed by atoms with Crippen molar-refractivity contribution in [3.8, 4) is 11.4 Å². The van der Waals surface area contributed by atoms with Gasteiger partial charge in [-0.3, -0.25) is 4.79 Å². The van der Waals surface area contributed by atoms with Crippen LogP contribution in [0.1, 0.15) is 25.2 Å². The van der Waals surface area contributed by atoms with Crippen LogP contribution in [0.3, 0.4) is 0 Å². The molecule has 5 nitrogen and oxygen atoms in total. The molecule has 0 unspecified atom stereocenters. The number of carbonyl (C=O) groups is 1. The lowest BCUT2D eigenvalue weighted by Gasteiger charge is -2.10. The van der Waals surface area contributed by atoms with Gasteiger partial charge in [0.15, 0.2) is 0 Å². The summed E-state index contributed by atoms with van der Waals surface area (Å²) in [5.41, 5.74) is 0.931. The maximum absolute atomic E-state index is 10.8. The van der Waals surface area contributed by atoms with Gasteiger partial charge in [0.05, 0.1) is 12.2 Å². The highest BCUT2D eigenvalue weighted by molar-refractivity contribution is 7.98. The van der Waals surface area contributed by atoms with Gasteiger partial charge in [0.2, 0.25) is 11.7 Å². The second-order valence-electron chi connectivity index (χ2n) is 5.44. The summed E-state index contributed by atoms with van der Waals surface area (Å²) >= 11 is 1.67. The van der Waals surface area contributed by atoms with Crippen LogP contribution in [0.15, 0.2) is 34.9 Å². The van der Waals surface area contributed by atoms with E-state index in [0.717, 1.165) is 24.2 Å². The number of thioether (sulfide) groups is 1. The summed E-state index contributed by atoms with van der Waals surface area (Å²) < 4.78 is 5.24. The summed E-state index contributed by atoms with van der Waals surface area (Å²) in [5.74, 6) is 1.93. The molecule has 1 aromatic carbocycles. The first-order valence-electron chi connectivity index (χ1n) is 6.84. The fourth-order valence-electron chi connectivity index (χ4n) is 2.24. The van der Waals surface area contributed by atoms with Crippen LogP contribution >= 0.6 is 11.8 Å². The van der Waals surface area contributed by atoms with Crippen molar-refractivity contribution in [1.82, 2.24) is 10.1 Å². The lowest BCUT2D eigenvalue weighted by Crippen LogP contribution is -2.11. The molecular weight excluding hydrogens is 288 g/mol. The second kappa shape index (κ2) is 5.89. The molecule has 1 fully saturated rings. The van der Waals surface area contributed by atoms with E-state index < -0.39 is 5.97 Å². The minimum atomic E-state index is -0.711. The summed E-state index contributed by atoms with van der Waals surface area (Å²) in [5, 5.41) is 12.9. The number of benzene rings is 1. The Morgan fingerprint density at radius 2 is 2.10 bits per heavy atom. The van der Waals surface area contributed by atoms with Crippen LogP contribution < -0.4 is 0 Å². The van der Waals surface area contributed by atoms with Crippen LogP contribution in [0.25, 0.3) is 11.4 Å². The molecule has 0 atom stereocenters. The third kappa shape index (κ3) is 3.64. The van der Waals surface area contributed by atoms with E-state index in [1.54, 1.807) is 11.8 Å². The van der Waals surface area contributed by atoms with Crippen molar-refractivity contribution in [2.75, 3.05) is 5.75 Å². The highest BCUT2D eigenvalue weighted by Gasteiger charge is 2.44. The molecule has 1 saturated carbocycles. The molecule has 0 bridgehead atoms. The second-order valence-corrected chi connectivity index (χ2v) is 6.43. The number of hydrogen-bond donors (Lipinski definition) is 1. The Hall–Kier alpha value is -1.82. The van der Waals surface area contributed by atoms with E-state index in [-0.39, 0.29) is 11.8 Å². The monoisotopic (exact) mass is 304 g/mol. The number of carboxylic acids is 1. The van der Waals surface area contributed by atoms with Crippen molar-refractivity contribution in [3.63, 3.8) is 0 Å². The molecule has 21 heavy (non-hydrogen) atoms. The van der Waals surface area contributed by atoms with Gasteiger partial charge in [-0.05, 0) is 24.0 Å². The predicted octanol–water partition coefficient (Wildman–Crippen LogP) is 3.22. The Labute approximate surface area is 126 Å². The van der Waals surface area contributed by atoms with Crippen LogP contribution in [0, 0.1) is 5.41 Å². The SMILES string of the molecule is O=C(O)CC1(CSCc2nc(-c3ccccc3)no2)CC1. The first-order chi connectivity index (χ1) is 10.2. The Balaban J connectivity index is 1.53. The van der Waals surface area contributed by atoms with Crippen molar-refractivity contribution >= 4 is 17.7 Å². The highest BCUT2D eigenvalue weighted by atomic mass is 32.2. The first-order valence-corrected chi connectivity index (χ1v) is 8.00. The minimum Gasteiger partial charge on any atom is -0.481 e. The number of aliphatic carboxylic acids is 1. The van der Waals surface area contributed by atoms with Gasteiger partial charge in [-0.15, -0.1) is 0 Å². The molecule has 110 valence electrons. The minimum absolute atomic E-state index is 0.00121. The Morgan fingerprint density at radius 1 is 1.33 bits per heavy atom. The van der Waals surface area contributed by atoms with Gasteiger partial charge in [0, 0.05) is 5.56 Å². The van der Waals surface area contributed by atoms with E-state index in [0.29, 0.717) is 17.5 Å². The summed E-state index contributed by atoms with van der Waals surface area (Å²) in [6.07, 6.45) is 2.27. The number of nitrogens with zero attached hydrogens (tertiary/aromatic N) is 2. The fraction of sp³-hybridized carbons (Fsp3) is 0.400. The Morgan fingerprint density at radius 3 is 2.76 bits per heavy atom. The molecule has 2 aromatic rings. The molecule has 6 heteroatoms. The number of carboxylic acid groups (broad SMARTS) is 1. The molecule has 0 spiro atoms. The lowest BCUT2D eigenvalue weighted by atomic mass is 10.1. The molecule has 1 aliphatic rings. The van der Waals surface area contributed by atoms with Crippen molar-refractivity contribution in [3.05, 3.63) is 36.2 Å². The van der Waals surface area contributed by atoms with Crippen LogP contribution in [0.2, 0.25) is 0 Å². The quantitative estimate of drug-likeness (QED) is 0.846. The van der Waals surface area contributed by atoms with Crippen molar-refractivity contribution in [2.45, 2.75) is 25.0 Å². The summed E-state index contributed by atoms with van der Waals surface area (Å²) in [6, 6.07) is 9.69. The average Bonchev–Trinajstić information content (AvgIpc) is 3.05. The van der Waals surface area contributed by atoms with Gasteiger partial charge < -0.3 is 9.63 Å². The molecule has 1 N–H and O–H groups in total. The molecular formula is C15H16N2O3S. The molecule has 1 aliphatic carbocycles. The molecule has 0 aliphatic heterocycles. The van der Waals surface area contributed by atoms with Crippen molar-refractivity contribution in [1.29, 1.82) is 0 Å². The standard InChI is InChI=1S/C15H16N2O3S/c18-13(19)8-15(6-7-15)10-21-9-12-16-14(17-20-12)11-4-2-1-3-5-11/h1-5H,6-10H2,(H,18,19). The lowest BCUT2D eigenvalue weighted by molar-refractivity contribution is -0.138. The fourth-order valence-corrected chi connectivity index (χ4v) is 3.46. The van der Waals surface area contributed by atoms with E-state index in [1.165, 1.54) is 0 Å². The van der Waals surface area contributed by atoms with Gasteiger partial charge in [-0.1, -0.05) is 35.5 Å². The van der Waals surface area contributed by atoms with Crippen LogP contribution in [-0.2, 0) is 10.5 Å². The van der Waals surface area contributed by atoms with Crippen LogP contribution in [0.4, 0.5) is 0 Å². The van der Waals surface area contributed by atoms with Crippen LogP contribution in [-0.4, -0.2) is 27.0 Å². The largest absolute Gasteiger partial charge is 0.481 e. The zero-order chi connectivity index (χ0) is 14.7. The van der Waals surface area contributed by atoms with Crippen molar-refractivity contribution in [2.24, 2.45) is 5.41 Å². The predicted molar refractivity (Wildman–Crippen MR) is 79.8 cm³/mol. The van der Waals surface area contributed by atoms with Gasteiger partial charge >= 0.3 is 5.97 Å². The van der Waals surface area contributed by atoms with E-state index in [2.05, 4.69) is 10.1 Å². The average molecular weight is 304 g/mol. The van der Waals surface area contributed by atoms with Gasteiger partial charge in [-0.2, -0.15) is 16.7 Å². The van der Waals surface area contributed by atoms with E-state index in [4.69, 9.17) is 9.63 Å². The molecule has 0 saturated heterocycles. The normalized spacial score (nSPS) is 15.8.